The third-order valence-electron chi connectivity index (χ3n) is 11.0. The first-order valence-electron chi connectivity index (χ1n) is 18.7. The monoisotopic (exact) mass is 702 g/mol. The summed E-state index contributed by atoms with van der Waals surface area (Å²) in [5.41, 5.74) is 13.3. The van der Waals surface area contributed by atoms with Crippen molar-refractivity contribution in [2.24, 2.45) is 0 Å². The van der Waals surface area contributed by atoms with Gasteiger partial charge in [0.25, 0.3) is 0 Å². The maximum absolute atomic E-state index is 6.21. The molecule has 11 rings (SSSR count). The Bertz CT molecular complexity index is 3190. The van der Waals surface area contributed by atoms with Crippen LogP contribution in [0.1, 0.15) is 0 Å². The fourth-order valence-electron chi connectivity index (χ4n) is 8.28. The molecular formula is C52H34N2O. The predicted octanol–water partition coefficient (Wildman–Crippen LogP) is 14.6. The average Bonchev–Trinajstić information content (AvgIpc) is 3.80. The van der Waals surface area contributed by atoms with Crippen molar-refractivity contribution in [2.45, 2.75) is 0 Å². The van der Waals surface area contributed by atoms with Crippen molar-refractivity contribution in [1.82, 2.24) is 4.57 Å². The predicted molar refractivity (Wildman–Crippen MR) is 231 cm³/mol. The van der Waals surface area contributed by atoms with Crippen LogP contribution in [0, 0.1) is 0 Å². The zero-order valence-corrected chi connectivity index (χ0v) is 29.9. The number of para-hydroxylation sites is 2. The molecule has 0 fully saturated rings. The lowest BCUT2D eigenvalue weighted by atomic mass is 10.0. The lowest BCUT2D eigenvalue weighted by molar-refractivity contribution is 0.669. The minimum Gasteiger partial charge on any atom is -0.456 e. The molecule has 2 heterocycles. The van der Waals surface area contributed by atoms with Crippen LogP contribution < -0.4 is 4.90 Å². The fourth-order valence-corrected chi connectivity index (χ4v) is 8.28. The molecule has 0 N–H and O–H groups in total. The van der Waals surface area contributed by atoms with Crippen molar-refractivity contribution in [3.05, 3.63) is 206 Å². The minimum atomic E-state index is 0.886. The van der Waals surface area contributed by atoms with Crippen molar-refractivity contribution >= 4 is 71.6 Å². The van der Waals surface area contributed by atoms with Crippen LogP contribution in [0.3, 0.4) is 0 Å². The van der Waals surface area contributed by atoms with Gasteiger partial charge in [-0.2, -0.15) is 0 Å². The van der Waals surface area contributed by atoms with E-state index in [1.54, 1.807) is 0 Å². The highest BCUT2D eigenvalue weighted by Crippen LogP contribution is 2.41. The van der Waals surface area contributed by atoms with E-state index >= 15 is 0 Å². The minimum absolute atomic E-state index is 0.886. The Labute approximate surface area is 318 Å². The average molecular weight is 703 g/mol. The Morgan fingerprint density at radius 3 is 1.71 bits per heavy atom. The van der Waals surface area contributed by atoms with Gasteiger partial charge >= 0.3 is 0 Å². The van der Waals surface area contributed by atoms with Crippen LogP contribution in [-0.2, 0) is 0 Å². The van der Waals surface area contributed by atoms with Gasteiger partial charge in [0.05, 0.1) is 11.0 Å². The highest BCUT2D eigenvalue weighted by Gasteiger charge is 2.17. The van der Waals surface area contributed by atoms with E-state index in [0.29, 0.717) is 0 Å². The molecule has 0 atom stereocenters. The van der Waals surface area contributed by atoms with Crippen molar-refractivity contribution in [2.75, 3.05) is 4.90 Å². The third-order valence-corrected chi connectivity index (χ3v) is 11.0. The Morgan fingerprint density at radius 1 is 0.327 bits per heavy atom. The molecule has 3 heteroatoms. The molecular weight excluding hydrogens is 669 g/mol. The number of hydrogen-bond donors (Lipinski definition) is 0. The van der Waals surface area contributed by atoms with Gasteiger partial charge in [-0.3, -0.25) is 0 Å². The number of anilines is 3. The van der Waals surface area contributed by atoms with Gasteiger partial charge in [-0.25, -0.2) is 0 Å². The largest absolute Gasteiger partial charge is 0.456 e. The number of nitrogens with zero attached hydrogens (tertiary/aromatic N) is 2. The van der Waals surface area contributed by atoms with Crippen LogP contribution in [0.2, 0.25) is 0 Å². The van der Waals surface area contributed by atoms with Gasteiger partial charge in [-0.15, -0.1) is 0 Å². The van der Waals surface area contributed by atoms with Crippen LogP contribution in [-0.4, -0.2) is 4.57 Å². The van der Waals surface area contributed by atoms with Crippen molar-refractivity contribution < 1.29 is 4.42 Å². The number of furan rings is 1. The van der Waals surface area contributed by atoms with Gasteiger partial charge in [0.15, 0.2) is 0 Å². The summed E-state index contributed by atoms with van der Waals surface area (Å²) in [4.78, 5) is 2.33. The second-order valence-electron chi connectivity index (χ2n) is 14.2. The van der Waals surface area contributed by atoms with Crippen LogP contribution in [0.25, 0.3) is 82.5 Å². The van der Waals surface area contributed by atoms with Crippen molar-refractivity contribution in [3.8, 4) is 27.9 Å². The summed E-state index contributed by atoms with van der Waals surface area (Å²) in [7, 11) is 0. The number of benzene rings is 9. The molecule has 0 saturated carbocycles. The molecule has 0 spiro atoms. The summed E-state index contributed by atoms with van der Waals surface area (Å²) < 4.78 is 8.60. The summed E-state index contributed by atoms with van der Waals surface area (Å²) in [6.45, 7) is 0. The highest BCUT2D eigenvalue weighted by molar-refractivity contribution is 6.11. The van der Waals surface area contributed by atoms with Crippen LogP contribution in [0.4, 0.5) is 17.1 Å². The Kier molecular flexibility index (Phi) is 7.17. The van der Waals surface area contributed by atoms with E-state index in [-0.39, 0.29) is 0 Å². The zero-order chi connectivity index (χ0) is 36.3. The first kappa shape index (κ1) is 31.2. The third kappa shape index (κ3) is 5.28. The van der Waals surface area contributed by atoms with Crippen LogP contribution in [0.15, 0.2) is 211 Å². The van der Waals surface area contributed by atoms with Crippen LogP contribution in [0.5, 0.6) is 0 Å². The second-order valence-corrected chi connectivity index (χ2v) is 14.2. The molecule has 258 valence electrons. The first-order valence-corrected chi connectivity index (χ1v) is 18.7. The maximum Gasteiger partial charge on any atom is 0.135 e. The molecule has 0 unspecified atom stereocenters. The van der Waals surface area contributed by atoms with E-state index in [9.17, 15) is 0 Å². The molecule has 0 amide bonds. The Morgan fingerprint density at radius 2 is 0.909 bits per heavy atom. The lowest BCUT2D eigenvalue weighted by Gasteiger charge is -2.26. The topological polar surface area (TPSA) is 21.3 Å². The molecule has 0 bridgehead atoms. The molecule has 0 radical (unpaired) electrons. The molecule has 0 aliphatic heterocycles. The van der Waals surface area contributed by atoms with E-state index in [2.05, 4.69) is 204 Å². The Hall–Kier alpha value is -7.36. The van der Waals surface area contributed by atoms with Gasteiger partial charge in [0, 0.05) is 44.3 Å². The molecule has 55 heavy (non-hydrogen) atoms. The molecule has 0 aliphatic rings. The standard InChI is InChI=1S/C52H34N2O/c1-2-10-35(11-3-1)37-18-24-41(25-19-37)53(44-29-31-52-48(34-44)46-15-7-9-17-51(46)55-52)42-26-20-38(21-27-42)40-23-30-50-47(33-40)45-14-6-8-16-49(45)54(50)43-28-22-36-12-4-5-13-39(36)32-43/h1-34H. The van der Waals surface area contributed by atoms with E-state index < -0.39 is 0 Å². The summed E-state index contributed by atoms with van der Waals surface area (Å²) in [5, 5.41) is 7.19. The number of hydrogen-bond acceptors (Lipinski definition) is 2. The number of rotatable bonds is 6. The van der Waals surface area contributed by atoms with Crippen molar-refractivity contribution in [3.63, 3.8) is 0 Å². The highest BCUT2D eigenvalue weighted by atomic mass is 16.3. The quantitative estimate of drug-likeness (QED) is 0.172. The van der Waals surface area contributed by atoms with Gasteiger partial charge in [0.2, 0.25) is 0 Å². The molecule has 11 aromatic rings. The fraction of sp³-hybridized carbons (Fsp3) is 0. The summed E-state index contributed by atoms with van der Waals surface area (Å²) in [6, 6.07) is 74.0. The van der Waals surface area contributed by atoms with E-state index in [1.165, 1.54) is 60.5 Å². The molecule has 0 saturated heterocycles. The maximum atomic E-state index is 6.21. The first-order chi connectivity index (χ1) is 27.2. The van der Waals surface area contributed by atoms with Gasteiger partial charge in [0.1, 0.15) is 11.2 Å². The number of aromatic nitrogens is 1. The normalized spacial score (nSPS) is 11.6. The van der Waals surface area contributed by atoms with Gasteiger partial charge in [-0.05, 0) is 112 Å². The van der Waals surface area contributed by atoms with Gasteiger partial charge < -0.3 is 13.9 Å². The van der Waals surface area contributed by atoms with Gasteiger partial charge in [-0.1, -0.05) is 127 Å². The summed E-state index contributed by atoms with van der Waals surface area (Å²) in [6.07, 6.45) is 0. The van der Waals surface area contributed by atoms with Crippen LogP contribution >= 0.6 is 0 Å². The smallest absolute Gasteiger partial charge is 0.135 e. The molecule has 3 nitrogen and oxygen atoms in total. The van der Waals surface area contributed by atoms with Crippen molar-refractivity contribution in [1.29, 1.82) is 0 Å². The molecule has 2 aromatic heterocycles. The Balaban J connectivity index is 1.01. The summed E-state index contributed by atoms with van der Waals surface area (Å²) >= 11 is 0. The SMILES string of the molecule is c1ccc(-c2ccc(N(c3ccc(-c4ccc5c(c4)c4ccccc4n5-c4ccc5ccccc5c4)cc3)c3ccc4oc5ccccc5c4c3)cc2)cc1. The lowest BCUT2D eigenvalue weighted by Crippen LogP contribution is -2.09. The molecule has 9 aromatic carbocycles. The van der Waals surface area contributed by atoms with E-state index in [4.69, 9.17) is 4.42 Å². The van der Waals surface area contributed by atoms with E-state index in [0.717, 1.165) is 39.0 Å². The summed E-state index contributed by atoms with van der Waals surface area (Å²) in [5.74, 6) is 0. The molecule has 0 aliphatic carbocycles. The van der Waals surface area contributed by atoms with E-state index in [1.807, 2.05) is 12.1 Å². The number of fused-ring (bicyclic) bond motifs is 7. The second kappa shape index (κ2) is 12.6. The zero-order valence-electron chi connectivity index (χ0n) is 29.9.